The highest BCUT2D eigenvalue weighted by Crippen LogP contribution is 2.44. The number of thiazole rings is 1. The molecule has 1 aliphatic heterocycles. The normalized spacial score (nSPS) is 17.3. The molecule has 1 fully saturated rings. The first kappa shape index (κ1) is 23.3. The molecule has 34 heavy (non-hydrogen) atoms. The van der Waals surface area contributed by atoms with Gasteiger partial charge in [0.15, 0.2) is 5.13 Å². The topological polar surface area (TPSA) is 96.8 Å². The van der Waals surface area contributed by atoms with Gasteiger partial charge in [-0.1, -0.05) is 53.3 Å². The monoisotopic (exact) mass is 480 g/mol. The summed E-state index contributed by atoms with van der Waals surface area (Å²) in [6.07, 6.45) is 0. The van der Waals surface area contributed by atoms with Crippen molar-refractivity contribution in [1.29, 1.82) is 0 Å². The number of halogens is 1. The fourth-order valence-corrected chi connectivity index (χ4v) is 4.72. The Labute approximate surface area is 199 Å². The molecule has 1 aliphatic rings. The van der Waals surface area contributed by atoms with Gasteiger partial charge in [-0.15, -0.1) is 0 Å². The Balaban J connectivity index is 1.90. The molecule has 0 radical (unpaired) electrons. The molecule has 4 rings (SSSR count). The van der Waals surface area contributed by atoms with E-state index in [0.29, 0.717) is 16.8 Å². The predicted molar refractivity (Wildman–Crippen MR) is 125 cm³/mol. The van der Waals surface area contributed by atoms with Crippen LogP contribution in [0, 0.1) is 19.7 Å². The Hall–Kier alpha value is -3.85. The maximum atomic E-state index is 13.7. The van der Waals surface area contributed by atoms with Crippen LogP contribution in [0.4, 0.5) is 9.52 Å². The Morgan fingerprint density at radius 2 is 1.76 bits per heavy atom. The van der Waals surface area contributed by atoms with Crippen LogP contribution in [0.3, 0.4) is 0 Å². The lowest BCUT2D eigenvalue weighted by Crippen LogP contribution is -2.29. The van der Waals surface area contributed by atoms with Crippen molar-refractivity contribution < 1.29 is 28.6 Å². The number of amides is 1. The van der Waals surface area contributed by atoms with E-state index < -0.39 is 29.5 Å². The molecule has 1 unspecified atom stereocenters. The second-order valence-electron chi connectivity index (χ2n) is 7.72. The van der Waals surface area contributed by atoms with Crippen molar-refractivity contribution in [3.05, 3.63) is 87.2 Å². The van der Waals surface area contributed by atoms with Gasteiger partial charge >= 0.3 is 11.9 Å². The number of aliphatic hydroxyl groups is 1. The summed E-state index contributed by atoms with van der Waals surface area (Å²) < 4.78 is 18.7. The molecule has 9 heteroatoms. The summed E-state index contributed by atoms with van der Waals surface area (Å²) in [5, 5.41) is 11.2. The number of nitrogens with zero attached hydrogens (tertiary/aromatic N) is 2. The van der Waals surface area contributed by atoms with E-state index in [4.69, 9.17) is 4.74 Å². The lowest BCUT2D eigenvalue weighted by Gasteiger charge is -2.23. The summed E-state index contributed by atoms with van der Waals surface area (Å²) in [4.78, 5) is 44.3. The molecule has 0 bridgehead atoms. The number of hydrogen-bond donors (Lipinski definition) is 1. The first-order chi connectivity index (χ1) is 16.2. The number of aliphatic hydroxyl groups excluding tert-OH is 1. The van der Waals surface area contributed by atoms with Crippen molar-refractivity contribution in [1.82, 2.24) is 4.98 Å². The van der Waals surface area contributed by atoms with E-state index in [9.17, 15) is 23.9 Å². The Kier molecular flexibility index (Phi) is 6.30. The molecule has 7 nitrogen and oxygen atoms in total. The van der Waals surface area contributed by atoms with E-state index in [0.717, 1.165) is 21.8 Å². The maximum absolute atomic E-state index is 13.7. The summed E-state index contributed by atoms with van der Waals surface area (Å²) in [5.41, 5.74) is 1.91. The van der Waals surface area contributed by atoms with Crippen LogP contribution in [0.25, 0.3) is 5.76 Å². The van der Waals surface area contributed by atoms with Crippen LogP contribution < -0.4 is 4.90 Å². The average molecular weight is 481 g/mol. The number of benzene rings is 2. The molecule has 1 amide bonds. The number of carbonyl (C=O) groups excluding carboxylic acids is 3. The Bertz CT molecular complexity index is 1310. The van der Waals surface area contributed by atoms with Gasteiger partial charge in [-0.3, -0.25) is 14.5 Å². The SMILES string of the molecule is CCOC(=O)c1sc(N2C(=O)C(=O)/C(=C(/O)c3ccc(C)cc3)C2c2ccc(F)cc2)nc1C. The van der Waals surface area contributed by atoms with Gasteiger partial charge in [0.05, 0.1) is 23.9 Å². The van der Waals surface area contributed by atoms with Crippen LogP contribution in [0.1, 0.15) is 45.0 Å². The molecule has 0 aliphatic carbocycles. The number of esters is 1. The fraction of sp³-hybridized carbons (Fsp3) is 0.200. The number of rotatable bonds is 5. The third-order valence-corrected chi connectivity index (χ3v) is 6.54. The first-order valence-electron chi connectivity index (χ1n) is 10.5. The van der Waals surface area contributed by atoms with E-state index >= 15 is 0 Å². The van der Waals surface area contributed by atoms with Crippen molar-refractivity contribution in [2.75, 3.05) is 11.5 Å². The molecular weight excluding hydrogens is 459 g/mol. The molecule has 3 aromatic rings. The van der Waals surface area contributed by atoms with E-state index in [1.54, 1.807) is 38.1 Å². The van der Waals surface area contributed by atoms with Crippen LogP contribution in [0.2, 0.25) is 0 Å². The van der Waals surface area contributed by atoms with E-state index in [-0.39, 0.29) is 27.9 Å². The molecule has 0 spiro atoms. The van der Waals surface area contributed by atoms with Crippen LogP contribution in [0.15, 0.2) is 54.1 Å². The quantitative estimate of drug-likeness (QED) is 0.246. The number of aryl methyl sites for hydroxylation is 2. The van der Waals surface area contributed by atoms with Gasteiger partial charge in [0.2, 0.25) is 0 Å². The average Bonchev–Trinajstić information content (AvgIpc) is 3.31. The minimum atomic E-state index is -1.07. The summed E-state index contributed by atoms with van der Waals surface area (Å²) in [6.45, 7) is 5.32. The largest absolute Gasteiger partial charge is 0.507 e. The van der Waals surface area contributed by atoms with Crippen LogP contribution >= 0.6 is 11.3 Å². The summed E-state index contributed by atoms with van der Waals surface area (Å²) in [7, 11) is 0. The lowest BCUT2D eigenvalue weighted by atomic mass is 9.95. The summed E-state index contributed by atoms with van der Waals surface area (Å²) in [5.74, 6) is -3.24. The van der Waals surface area contributed by atoms with Gasteiger partial charge in [-0.25, -0.2) is 14.2 Å². The zero-order valence-corrected chi connectivity index (χ0v) is 19.5. The number of ether oxygens (including phenoxy) is 1. The van der Waals surface area contributed by atoms with Crippen LogP contribution in [-0.4, -0.2) is 34.4 Å². The molecule has 2 heterocycles. The van der Waals surface area contributed by atoms with Crippen molar-refractivity contribution in [2.45, 2.75) is 26.8 Å². The van der Waals surface area contributed by atoms with E-state index in [1.165, 1.54) is 24.3 Å². The number of anilines is 1. The van der Waals surface area contributed by atoms with Gasteiger partial charge in [-0.05, 0) is 38.5 Å². The Morgan fingerprint density at radius 3 is 2.38 bits per heavy atom. The molecule has 1 aromatic heterocycles. The first-order valence-corrected chi connectivity index (χ1v) is 11.3. The summed E-state index contributed by atoms with van der Waals surface area (Å²) >= 11 is 0.913. The third-order valence-electron chi connectivity index (χ3n) is 5.41. The molecule has 1 N–H and O–H groups in total. The number of ketones is 1. The predicted octanol–water partition coefficient (Wildman–Crippen LogP) is 4.70. The lowest BCUT2D eigenvalue weighted by molar-refractivity contribution is -0.132. The second kappa shape index (κ2) is 9.18. The standard InChI is InChI=1S/C25H21FN2O5S/c1-4-33-24(32)22-14(3)27-25(34-22)28-19(15-9-11-17(26)12-10-15)18(21(30)23(28)31)20(29)16-7-5-13(2)6-8-16/h5-12,19,29H,4H2,1-3H3/b20-18+. The Morgan fingerprint density at radius 1 is 1.12 bits per heavy atom. The smallest absolute Gasteiger partial charge is 0.350 e. The zero-order chi connectivity index (χ0) is 24.6. The van der Waals surface area contributed by atoms with Gasteiger partial charge in [0.25, 0.3) is 5.78 Å². The van der Waals surface area contributed by atoms with Crippen molar-refractivity contribution in [2.24, 2.45) is 0 Å². The van der Waals surface area contributed by atoms with Crippen molar-refractivity contribution in [3.63, 3.8) is 0 Å². The third kappa shape index (κ3) is 4.10. The van der Waals surface area contributed by atoms with E-state index in [1.807, 2.05) is 6.92 Å². The number of Topliss-reactive ketones (excluding diaryl/α,β-unsaturated/α-hetero) is 1. The maximum Gasteiger partial charge on any atom is 0.350 e. The number of carbonyl (C=O) groups is 3. The van der Waals surface area contributed by atoms with Gasteiger partial charge in [0, 0.05) is 5.56 Å². The highest BCUT2D eigenvalue weighted by molar-refractivity contribution is 7.17. The minimum absolute atomic E-state index is 0.0972. The minimum Gasteiger partial charge on any atom is -0.507 e. The fourth-order valence-electron chi connectivity index (χ4n) is 3.73. The molecule has 174 valence electrons. The van der Waals surface area contributed by atoms with Crippen molar-refractivity contribution >= 4 is 39.9 Å². The zero-order valence-electron chi connectivity index (χ0n) is 18.7. The molecule has 0 saturated carbocycles. The number of hydrogen-bond acceptors (Lipinski definition) is 7. The second-order valence-corrected chi connectivity index (χ2v) is 8.70. The highest BCUT2D eigenvalue weighted by atomic mass is 32.1. The highest BCUT2D eigenvalue weighted by Gasteiger charge is 2.48. The van der Waals surface area contributed by atoms with Crippen LogP contribution in [0.5, 0.6) is 0 Å². The van der Waals surface area contributed by atoms with Gasteiger partial charge < -0.3 is 9.84 Å². The molecule has 1 saturated heterocycles. The number of aromatic nitrogens is 1. The van der Waals surface area contributed by atoms with Gasteiger partial charge in [-0.2, -0.15) is 0 Å². The van der Waals surface area contributed by atoms with E-state index in [2.05, 4.69) is 4.98 Å². The molecule has 1 atom stereocenters. The molecular formula is C25H21FN2O5S. The van der Waals surface area contributed by atoms with Crippen LogP contribution in [-0.2, 0) is 14.3 Å². The van der Waals surface area contributed by atoms with Gasteiger partial charge in [0.1, 0.15) is 16.5 Å². The summed E-state index contributed by atoms with van der Waals surface area (Å²) in [6, 6.07) is 11.1. The molecule has 2 aromatic carbocycles. The van der Waals surface area contributed by atoms with Crippen molar-refractivity contribution in [3.8, 4) is 0 Å².